The number of hydrogen-bond donors (Lipinski definition) is 1. The molecule has 1 aromatic rings. The van der Waals surface area contributed by atoms with Gasteiger partial charge in [-0.05, 0) is 45.4 Å². The van der Waals surface area contributed by atoms with Gasteiger partial charge >= 0.3 is 22.5 Å². The highest BCUT2D eigenvalue weighted by molar-refractivity contribution is 7.80. The molecule has 12 nitrogen and oxygen atoms in total. The molecule has 0 radical (unpaired) electrons. The van der Waals surface area contributed by atoms with Crippen LogP contribution in [0.15, 0.2) is 10.6 Å². The van der Waals surface area contributed by atoms with E-state index in [2.05, 4.69) is 9.44 Å². The first-order chi connectivity index (χ1) is 14.3. The molecule has 3 heterocycles. The van der Waals surface area contributed by atoms with Crippen molar-refractivity contribution in [3.63, 3.8) is 0 Å². The molecule has 1 aromatic heterocycles. The number of amides is 3. The fourth-order valence-corrected chi connectivity index (χ4v) is 4.65. The standard InChI is InChI=1S/C18H26N4O8S/c1-17(2,3)28-16(24)20(4)9-11-7-12(19-29-11)13-8-18(5-6-18)14-10-21(13)15(23)22(14)30-31(25,26)27/h7,13-14H,5-6,8-10H2,1-4H3,(H,25,26,27)/t13-,14-/m0/s1. The molecule has 2 saturated heterocycles. The Labute approximate surface area is 179 Å². The maximum absolute atomic E-state index is 12.8. The summed E-state index contributed by atoms with van der Waals surface area (Å²) in [7, 11) is -3.24. The van der Waals surface area contributed by atoms with Gasteiger partial charge in [0.1, 0.15) is 11.3 Å². The molecule has 1 spiro atoms. The number of hydroxylamine groups is 2. The van der Waals surface area contributed by atoms with Crippen LogP contribution in [0.3, 0.4) is 0 Å². The first-order valence-electron chi connectivity index (χ1n) is 9.94. The number of nitrogens with zero attached hydrogens (tertiary/aromatic N) is 4. The zero-order valence-electron chi connectivity index (χ0n) is 17.8. The number of urea groups is 1. The van der Waals surface area contributed by atoms with Crippen LogP contribution in [0.25, 0.3) is 0 Å². The second-order valence-corrected chi connectivity index (χ2v) is 10.4. The Morgan fingerprint density at radius 3 is 2.68 bits per heavy atom. The molecule has 172 valence electrons. The van der Waals surface area contributed by atoms with Crippen LogP contribution in [0.2, 0.25) is 0 Å². The lowest BCUT2D eigenvalue weighted by Crippen LogP contribution is -2.43. The summed E-state index contributed by atoms with van der Waals surface area (Å²) in [6, 6.07) is 0.155. The smallest absolute Gasteiger partial charge is 0.418 e. The molecule has 1 saturated carbocycles. The van der Waals surface area contributed by atoms with Gasteiger partial charge in [-0.1, -0.05) is 5.16 Å². The third-order valence-corrected chi connectivity index (χ3v) is 6.20. The maximum Gasteiger partial charge on any atom is 0.418 e. The zero-order valence-corrected chi connectivity index (χ0v) is 18.6. The van der Waals surface area contributed by atoms with Crippen molar-refractivity contribution in [3.8, 4) is 0 Å². The third kappa shape index (κ3) is 4.34. The monoisotopic (exact) mass is 458 g/mol. The summed E-state index contributed by atoms with van der Waals surface area (Å²) in [5, 5.41) is 4.86. The molecule has 13 heteroatoms. The maximum atomic E-state index is 12.8. The lowest BCUT2D eigenvalue weighted by molar-refractivity contribution is -0.0527. The summed E-state index contributed by atoms with van der Waals surface area (Å²) in [6.45, 7) is 5.72. The van der Waals surface area contributed by atoms with E-state index in [0.717, 1.165) is 17.9 Å². The molecule has 1 N–H and O–H groups in total. The van der Waals surface area contributed by atoms with Crippen molar-refractivity contribution in [1.29, 1.82) is 0 Å². The fraction of sp³-hybridized carbons (Fsp3) is 0.722. The Morgan fingerprint density at radius 1 is 1.42 bits per heavy atom. The average Bonchev–Trinajstić information content (AvgIpc) is 3.13. The Bertz CT molecular complexity index is 996. The fourth-order valence-electron chi connectivity index (χ4n) is 4.28. The molecule has 2 aliphatic heterocycles. The summed E-state index contributed by atoms with van der Waals surface area (Å²) < 4.78 is 46.8. The van der Waals surface area contributed by atoms with Crippen LogP contribution >= 0.6 is 0 Å². The van der Waals surface area contributed by atoms with Crippen molar-refractivity contribution in [2.75, 3.05) is 13.6 Å². The molecule has 0 unspecified atom stereocenters. The van der Waals surface area contributed by atoms with E-state index in [4.69, 9.17) is 13.8 Å². The lowest BCUT2D eigenvalue weighted by atomic mass is 9.84. The van der Waals surface area contributed by atoms with Crippen molar-refractivity contribution >= 4 is 22.5 Å². The quantitative estimate of drug-likeness (QED) is 0.656. The van der Waals surface area contributed by atoms with Crippen molar-refractivity contribution in [3.05, 3.63) is 17.5 Å². The Kier molecular flexibility index (Phi) is 4.98. The molecular formula is C18H26N4O8S. The number of fused-ring (bicyclic) bond motifs is 3. The lowest BCUT2D eigenvalue weighted by Gasteiger charge is -2.35. The molecule has 1 aliphatic carbocycles. The van der Waals surface area contributed by atoms with E-state index in [1.165, 1.54) is 9.80 Å². The van der Waals surface area contributed by atoms with Gasteiger partial charge in [0.15, 0.2) is 5.76 Å². The van der Waals surface area contributed by atoms with E-state index in [9.17, 15) is 18.0 Å². The number of aromatic nitrogens is 1. The van der Waals surface area contributed by atoms with Crippen molar-refractivity contribution < 1.29 is 36.1 Å². The molecule has 3 amide bonds. The van der Waals surface area contributed by atoms with Crippen molar-refractivity contribution in [2.24, 2.45) is 5.41 Å². The molecule has 3 fully saturated rings. The molecule has 0 aromatic carbocycles. The zero-order chi connectivity index (χ0) is 22.8. The molecule has 2 atom stereocenters. The van der Waals surface area contributed by atoms with E-state index in [-0.39, 0.29) is 18.5 Å². The predicted molar refractivity (Wildman–Crippen MR) is 104 cm³/mol. The number of piperidine rings is 1. The number of rotatable bonds is 5. The SMILES string of the molecule is CN(Cc1cc([C@@H]2CC3(CC3)[C@@H]3CN2C(=O)N3OS(=O)(=O)O)no1)C(=O)OC(C)(C)C. The van der Waals surface area contributed by atoms with E-state index in [1.807, 2.05) is 0 Å². The first-order valence-corrected chi connectivity index (χ1v) is 11.3. The van der Waals surface area contributed by atoms with Gasteiger partial charge in [-0.25, -0.2) is 9.59 Å². The summed E-state index contributed by atoms with van der Waals surface area (Å²) in [4.78, 5) is 27.8. The molecule has 31 heavy (non-hydrogen) atoms. The minimum absolute atomic E-state index is 0.133. The van der Waals surface area contributed by atoms with Crippen LogP contribution in [0.5, 0.6) is 0 Å². The first kappa shape index (κ1) is 21.8. The van der Waals surface area contributed by atoms with Gasteiger partial charge in [-0.2, -0.15) is 13.5 Å². The Hall–Kier alpha value is -2.38. The van der Waals surface area contributed by atoms with Gasteiger partial charge in [0.25, 0.3) is 0 Å². The van der Waals surface area contributed by atoms with Gasteiger partial charge in [0.05, 0.1) is 18.6 Å². The van der Waals surface area contributed by atoms with Gasteiger partial charge < -0.3 is 19.1 Å². The number of carbonyl (C=O) groups is 2. The molecule has 2 bridgehead atoms. The predicted octanol–water partition coefficient (Wildman–Crippen LogP) is 2.11. The summed E-state index contributed by atoms with van der Waals surface area (Å²) in [5.74, 6) is 0.424. The van der Waals surface area contributed by atoms with E-state index >= 15 is 0 Å². The number of hydrogen-bond acceptors (Lipinski definition) is 8. The van der Waals surface area contributed by atoms with Crippen LogP contribution in [0.1, 0.15) is 57.5 Å². The molecule has 3 aliphatic rings. The highest BCUT2D eigenvalue weighted by atomic mass is 32.3. The summed E-state index contributed by atoms with van der Waals surface area (Å²) in [5.41, 5.74) is -0.398. The van der Waals surface area contributed by atoms with Crippen LogP contribution in [-0.2, 0) is 26.0 Å². The molecule has 4 rings (SSSR count). The van der Waals surface area contributed by atoms with Crippen molar-refractivity contribution in [1.82, 2.24) is 20.0 Å². The van der Waals surface area contributed by atoms with E-state index < -0.39 is 40.2 Å². The number of carbonyl (C=O) groups excluding carboxylic acids is 2. The van der Waals surface area contributed by atoms with Gasteiger partial charge in [-0.3, -0.25) is 4.55 Å². The van der Waals surface area contributed by atoms with Crippen LogP contribution in [0.4, 0.5) is 9.59 Å². The van der Waals surface area contributed by atoms with Gasteiger partial charge in [0, 0.05) is 19.7 Å². The minimum atomic E-state index is -4.82. The van der Waals surface area contributed by atoms with E-state index in [0.29, 0.717) is 17.9 Å². The Balaban J connectivity index is 1.49. The highest BCUT2D eigenvalue weighted by Gasteiger charge is 2.64. The van der Waals surface area contributed by atoms with Crippen molar-refractivity contribution in [2.45, 2.75) is 64.3 Å². The third-order valence-electron chi connectivity index (χ3n) is 5.85. The van der Waals surface area contributed by atoms with Crippen LogP contribution in [-0.4, -0.2) is 70.3 Å². The summed E-state index contributed by atoms with van der Waals surface area (Å²) >= 11 is 0. The Morgan fingerprint density at radius 2 is 2.10 bits per heavy atom. The second-order valence-electron chi connectivity index (χ2n) is 9.42. The molecular weight excluding hydrogens is 432 g/mol. The number of ether oxygens (including phenoxy) is 1. The van der Waals surface area contributed by atoms with Gasteiger partial charge in [-0.15, -0.1) is 4.28 Å². The van der Waals surface area contributed by atoms with Gasteiger partial charge in [0.2, 0.25) is 0 Å². The van der Waals surface area contributed by atoms with Crippen LogP contribution in [0, 0.1) is 5.41 Å². The highest BCUT2D eigenvalue weighted by Crippen LogP contribution is 2.61. The largest absolute Gasteiger partial charge is 0.444 e. The minimum Gasteiger partial charge on any atom is -0.444 e. The van der Waals surface area contributed by atoms with E-state index in [1.54, 1.807) is 33.9 Å². The normalized spacial score (nSPS) is 24.6. The topological polar surface area (TPSA) is 143 Å². The summed E-state index contributed by atoms with van der Waals surface area (Å²) in [6.07, 6.45) is 1.69. The second kappa shape index (κ2) is 7.07. The van der Waals surface area contributed by atoms with Crippen LogP contribution < -0.4 is 0 Å². The average molecular weight is 458 g/mol.